The molecule has 1 aromatic carbocycles. The molecule has 0 aliphatic rings. The largest absolute Gasteiger partial charge is 0.398 e. The van der Waals surface area contributed by atoms with Crippen LogP contribution < -0.4 is 11.5 Å². The van der Waals surface area contributed by atoms with Crippen LogP contribution in [-0.2, 0) is 0 Å². The fourth-order valence-corrected chi connectivity index (χ4v) is 1.48. The summed E-state index contributed by atoms with van der Waals surface area (Å²) in [6.45, 7) is 4.19. The van der Waals surface area contributed by atoms with Gasteiger partial charge in [-0.3, -0.25) is 0 Å². The van der Waals surface area contributed by atoms with E-state index in [2.05, 4.69) is 19.9 Å². The highest BCUT2D eigenvalue weighted by Gasteiger charge is 2.07. The van der Waals surface area contributed by atoms with Crippen LogP contribution in [0.25, 0.3) is 0 Å². The number of anilines is 1. The van der Waals surface area contributed by atoms with Crippen LogP contribution in [0, 0.1) is 6.92 Å². The van der Waals surface area contributed by atoms with Gasteiger partial charge in [0, 0.05) is 11.7 Å². The molecule has 0 unspecified atom stereocenters. The van der Waals surface area contributed by atoms with Crippen molar-refractivity contribution in [3.63, 3.8) is 0 Å². The third kappa shape index (κ3) is 2.46. The number of hydrogen-bond donors (Lipinski definition) is 2. The molecule has 0 spiro atoms. The smallest absolute Gasteiger partial charge is 0.0362 e. The molecule has 0 saturated heterocycles. The zero-order chi connectivity index (χ0) is 9.84. The topological polar surface area (TPSA) is 52.0 Å². The molecule has 0 saturated carbocycles. The van der Waals surface area contributed by atoms with Gasteiger partial charge in [-0.15, -0.1) is 0 Å². The predicted octanol–water partition coefficient (Wildman–Crippen LogP) is 2.38. The number of nitrogen functional groups attached to an aromatic ring is 1. The van der Waals surface area contributed by atoms with Crippen LogP contribution in [0.15, 0.2) is 18.2 Å². The van der Waals surface area contributed by atoms with Gasteiger partial charge in [-0.1, -0.05) is 31.0 Å². The second kappa shape index (κ2) is 4.28. The lowest BCUT2D eigenvalue weighted by molar-refractivity contribution is 0.640. The summed E-state index contributed by atoms with van der Waals surface area (Å²) >= 11 is 0. The van der Waals surface area contributed by atoms with Crippen molar-refractivity contribution in [2.24, 2.45) is 5.73 Å². The maximum atomic E-state index is 6.00. The van der Waals surface area contributed by atoms with Crippen molar-refractivity contribution in [3.8, 4) is 0 Å². The van der Waals surface area contributed by atoms with E-state index in [0.717, 1.165) is 24.1 Å². The van der Waals surface area contributed by atoms with Gasteiger partial charge in [0.25, 0.3) is 0 Å². The molecule has 72 valence electrons. The molecular weight excluding hydrogens is 160 g/mol. The SMILES string of the molecule is CCC[C@H](N)c1cc(C)ccc1N. The Morgan fingerprint density at radius 2 is 2.08 bits per heavy atom. The molecular formula is C11H18N2. The zero-order valence-corrected chi connectivity index (χ0v) is 8.38. The van der Waals surface area contributed by atoms with E-state index in [0.29, 0.717) is 0 Å². The number of nitrogens with two attached hydrogens (primary N) is 2. The molecule has 0 bridgehead atoms. The molecule has 0 aromatic heterocycles. The van der Waals surface area contributed by atoms with Crippen molar-refractivity contribution in [2.45, 2.75) is 32.7 Å². The first-order valence-corrected chi connectivity index (χ1v) is 4.76. The van der Waals surface area contributed by atoms with Crippen LogP contribution in [-0.4, -0.2) is 0 Å². The van der Waals surface area contributed by atoms with Crippen molar-refractivity contribution < 1.29 is 0 Å². The molecule has 0 fully saturated rings. The minimum Gasteiger partial charge on any atom is -0.398 e. The first-order chi connectivity index (χ1) is 6.15. The third-order valence-corrected chi connectivity index (χ3v) is 2.24. The number of rotatable bonds is 3. The van der Waals surface area contributed by atoms with Crippen molar-refractivity contribution >= 4 is 5.69 Å². The molecule has 1 atom stereocenters. The van der Waals surface area contributed by atoms with E-state index in [1.807, 2.05) is 12.1 Å². The normalized spacial score (nSPS) is 12.8. The Labute approximate surface area is 79.9 Å². The van der Waals surface area contributed by atoms with E-state index < -0.39 is 0 Å². The van der Waals surface area contributed by atoms with Crippen LogP contribution in [0.4, 0.5) is 5.69 Å². The summed E-state index contributed by atoms with van der Waals surface area (Å²) in [4.78, 5) is 0. The summed E-state index contributed by atoms with van der Waals surface area (Å²) < 4.78 is 0. The monoisotopic (exact) mass is 178 g/mol. The minimum absolute atomic E-state index is 0.0879. The maximum absolute atomic E-state index is 6.00. The summed E-state index contributed by atoms with van der Waals surface area (Å²) in [5.74, 6) is 0. The van der Waals surface area contributed by atoms with E-state index in [-0.39, 0.29) is 6.04 Å². The third-order valence-electron chi connectivity index (χ3n) is 2.24. The van der Waals surface area contributed by atoms with Crippen LogP contribution in [0.2, 0.25) is 0 Å². The van der Waals surface area contributed by atoms with Gasteiger partial charge in [-0.25, -0.2) is 0 Å². The Kier molecular flexibility index (Phi) is 3.32. The highest BCUT2D eigenvalue weighted by Crippen LogP contribution is 2.22. The molecule has 0 aliphatic carbocycles. The fourth-order valence-electron chi connectivity index (χ4n) is 1.48. The van der Waals surface area contributed by atoms with E-state index in [9.17, 15) is 0 Å². The van der Waals surface area contributed by atoms with Crippen molar-refractivity contribution in [1.29, 1.82) is 0 Å². The molecule has 0 amide bonds. The minimum atomic E-state index is 0.0879. The second-order valence-corrected chi connectivity index (χ2v) is 3.53. The number of hydrogen-bond acceptors (Lipinski definition) is 2. The van der Waals surface area contributed by atoms with E-state index in [4.69, 9.17) is 11.5 Å². The van der Waals surface area contributed by atoms with Gasteiger partial charge in [0.05, 0.1) is 0 Å². The Morgan fingerprint density at radius 1 is 1.38 bits per heavy atom. The predicted molar refractivity (Wildman–Crippen MR) is 57.4 cm³/mol. The Balaban J connectivity index is 2.91. The van der Waals surface area contributed by atoms with Gasteiger partial charge >= 0.3 is 0 Å². The summed E-state index contributed by atoms with van der Waals surface area (Å²) in [5, 5.41) is 0. The summed E-state index contributed by atoms with van der Waals surface area (Å²) in [5.41, 5.74) is 15.0. The van der Waals surface area contributed by atoms with Gasteiger partial charge in [0.1, 0.15) is 0 Å². The molecule has 13 heavy (non-hydrogen) atoms. The Morgan fingerprint density at radius 3 is 2.69 bits per heavy atom. The van der Waals surface area contributed by atoms with E-state index in [1.54, 1.807) is 0 Å². The molecule has 0 heterocycles. The Bertz CT molecular complexity index is 281. The summed E-state index contributed by atoms with van der Waals surface area (Å²) in [6.07, 6.45) is 2.09. The average Bonchev–Trinajstić information content (AvgIpc) is 2.09. The lowest BCUT2D eigenvalue weighted by atomic mass is 9.99. The van der Waals surface area contributed by atoms with Crippen LogP contribution in [0.1, 0.15) is 36.9 Å². The van der Waals surface area contributed by atoms with E-state index in [1.165, 1.54) is 5.56 Å². The first-order valence-electron chi connectivity index (χ1n) is 4.76. The lowest BCUT2D eigenvalue weighted by Crippen LogP contribution is -2.12. The van der Waals surface area contributed by atoms with Crippen molar-refractivity contribution in [2.75, 3.05) is 5.73 Å². The standard InChI is InChI=1S/C11H18N2/c1-3-4-10(12)9-7-8(2)5-6-11(9)13/h5-7,10H,3-4,12-13H2,1-2H3/t10-/m0/s1. The summed E-state index contributed by atoms with van der Waals surface area (Å²) in [6, 6.07) is 6.11. The van der Waals surface area contributed by atoms with Gasteiger partial charge in [0.15, 0.2) is 0 Å². The molecule has 2 nitrogen and oxygen atoms in total. The van der Waals surface area contributed by atoms with Gasteiger partial charge in [0.2, 0.25) is 0 Å². The molecule has 0 aliphatic heterocycles. The van der Waals surface area contributed by atoms with Gasteiger partial charge in [-0.05, 0) is 25.0 Å². The number of aryl methyl sites for hydroxylation is 1. The molecule has 1 rings (SSSR count). The van der Waals surface area contributed by atoms with Gasteiger partial charge in [-0.2, -0.15) is 0 Å². The molecule has 2 heteroatoms. The molecule has 0 radical (unpaired) electrons. The van der Waals surface area contributed by atoms with Crippen molar-refractivity contribution in [3.05, 3.63) is 29.3 Å². The maximum Gasteiger partial charge on any atom is 0.0362 e. The van der Waals surface area contributed by atoms with Crippen LogP contribution >= 0.6 is 0 Å². The zero-order valence-electron chi connectivity index (χ0n) is 8.38. The average molecular weight is 178 g/mol. The lowest BCUT2D eigenvalue weighted by Gasteiger charge is -2.13. The highest BCUT2D eigenvalue weighted by atomic mass is 14.7. The highest BCUT2D eigenvalue weighted by molar-refractivity contribution is 5.49. The van der Waals surface area contributed by atoms with Gasteiger partial charge < -0.3 is 11.5 Å². The molecule has 4 N–H and O–H groups in total. The van der Waals surface area contributed by atoms with Crippen molar-refractivity contribution in [1.82, 2.24) is 0 Å². The second-order valence-electron chi connectivity index (χ2n) is 3.53. The Hall–Kier alpha value is -1.02. The van der Waals surface area contributed by atoms with Crippen LogP contribution in [0.5, 0.6) is 0 Å². The van der Waals surface area contributed by atoms with E-state index >= 15 is 0 Å². The number of benzene rings is 1. The fraction of sp³-hybridized carbons (Fsp3) is 0.455. The first kappa shape index (κ1) is 10.1. The molecule has 1 aromatic rings. The summed E-state index contributed by atoms with van der Waals surface area (Å²) in [7, 11) is 0. The van der Waals surface area contributed by atoms with Crippen LogP contribution in [0.3, 0.4) is 0 Å². The quantitative estimate of drug-likeness (QED) is 0.698.